The van der Waals surface area contributed by atoms with Crippen LogP contribution in [0.25, 0.3) is 0 Å². The molecule has 0 saturated carbocycles. The molecule has 4 nitrogen and oxygen atoms in total. The van der Waals surface area contributed by atoms with Crippen LogP contribution in [-0.4, -0.2) is 24.1 Å². The van der Waals surface area contributed by atoms with Gasteiger partial charge in [-0.05, 0) is 24.1 Å². The first kappa shape index (κ1) is 10.5. The molecule has 0 N–H and O–H groups in total. The third-order valence-electron chi connectivity index (χ3n) is 2.49. The van der Waals surface area contributed by atoms with Crippen molar-refractivity contribution in [3.8, 4) is 6.07 Å². The van der Waals surface area contributed by atoms with Crippen LogP contribution in [0.4, 0.5) is 4.79 Å². The topological polar surface area (TPSA) is 53.3 Å². The molecule has 0 aliphatic carbocycles. The lowest BCUT2D eigenvalue weighted by Gasteiger charge is -2.26. The SMILES string of the molecule is N#Cc1cccc(CN2CCCOC2=O)c1. The molecule has 0 aromatic heterocycles. The summed E-state index contributed by atoms with van der Waals surface area (Å²) in [5.74, 6) is 0. The second-order valence-electron chi connectivity index (χ2n) is 3.70. The molecule has 1 saturated heterocycles. The highest BCUT2D eigenvalue weighted by Crippen LogP contribution is 2.12. The minimum absolute atomic E-state index is 0.270. The van der Waals surface area contributed by atoms with Crippen molar-refractivity contribution in [1.82, 2.24) is 4.90 Å². The number of hydrogen-bond acceptors (Lipinski definition) is 3. The van der Waals surface area contributed by atoms with Crippen molar-refractivity contribution in [1.29, 1.82) is 5.26 Å². The number of rotatable bonds is 2. The van der Waals surface area contributed by atoms with Crippen LogP contribution < -0.4 is 0 Å². The summed E-state index contributed by atoms with van der Waals surface area (Å²) in [4.78, 5) is 13.0. The van der Waals surface area contributed by atoms with Crippen molar-refractivity contribution in [2.45, 2.75) is 13.0 Å². The van der Waals surface area contributed by atoms with Crippen molar-refractivity contribution in [2.75, 3.05) is 13.2 Å². The fraction of sp³-hybridized carbons (Fsp3) is 0.333. The van der Waals surface area contributed by atoms with Gasteiger partial charge in [0.15, 0.2) is 0 Å². The monoisotopic (exact) mass is 216 g/mol. The highest BCUT2D eigenvalue weighted by Gasteiger charge is 2.19. The second kappa shape index (κ2) is 4.67. The number of ether oxygens (including phenoxy) is 1. The summed E-state index contributed by atoms with van der Waals surface area (Å²) in [6.07, 6.45) is 0.595. The van der Waals surface area contributed by atoms with Crippen LogP contribution in [0.1, 0.15) is 17.5 Å². The zero-order chi connectivity index (χ0) is 11.4. The molecule has 2 rings (SSSR count). The van der Waals surface area contributed by atoms with E-state index in [1.54, 1.807) is 17.0 Å². The molecule has 1 aliphatic heterocycles. The highest BCUT2D eigenvalue weighted by atomic mass is 16.6. The predicted molar refractivity (Wildman–Crippen MR) is 57.5 cm³/mol. The van der Waals surface area contributed by atoms with Crippen molar-refractivity contribution in [3.63, 3.8) is 0 Å². The Hall–Kier alpha value is -2.02. The molecule has 1 amide bonds. The molecule has 1 fully saturated rings. The van der Waals surface area contributed by atoms with E-state index in [-0.39, 0.29) is 6.09 Å². The first-order valence-electron chi connectivity index (χ1n) is 5.20. The molecule has 16 heavy (non-hydrogen) atoms. The van der Waals surface area contributed by atoms with Crippen molar-refractivity contribution in [2.24, 2.45) is 0 Å². The Balaban J connectivity index is 2.08. The Bertz CT molecular complexity index is 437. The number of carbonyl (C=O) groups is 1. The van der Waals surface area contributed by atoms with Crippen LogP contribution in [-0.2, 0) is 11.3 Å². The largest absolute Gasteiger partial charge is 0.449 e. The molecule has 1 heterocycles. The van der Waals surface area contributed by atoms with Gasteiger partial charge in [-0.2, -0.15) is 5.26 Å². The first-order chi connectivity index (χ1) is 7.79. The van der Waals surface area contributed by atoms with Crippen LogP contribution in [0, 0.1) is 11.3 Å². The number of amides is 1. The van der Waals surface area contributed by atoms with Gasteiger partial charge < -0.3 is 9.64 Å². The molecular formula is C12H12N2O2. The summed E-state index contributed by atoms with van der Waals surface area (Å²) >= 11 is 0. The van der Waals surface area contributed by atoms with Gasteiger partial charge in [-0.25, -0.2) is 4.79 Å². The summed E-state index contributed by atoms with van der Waals surface area (Å²) in [6.45, 7) is 1.73. The summed E-state index contributed by atoms with van der Waals surface area (Å²) in [7, 11) is 0. The van der Waals surface area contributed by atoms with E-state index >= 15 is 0 Å². The molecule has 1 aromatic carbocycles. The maximum atomic E-state index is 11.4. The summed E-state index contributed by atoms with van der Waals surface area (Å²) < 4.78 is 4.94. The lowest BCUT2D eigenvalue weighted by molar-refractivity contribution is 0.0700. The number of nitrogens with zero attached hydrogens (tertiary/aromatic N) is 2. The highest BCUT2D eigenvalue weighted by molar-refractivity contribution is 5.68. The Kier molecular flexibility index (Phi) is 3.06. The zero-order valence-electron chi connectivity index (χ0n) is 8.85. The van der Waals surface area contributed by atoms with Gasteiger partial charge in [-0.15, -0.1) is 0 Å². The normalized spacial score (nSPS) is 15.4. The quantitative estimate of drug-likeness (QED) is 0.758. The van der Waals surface area contributed by atoms with Crippen LogP contribution in [0.15, 0.2) is 24.3 Å². The molecule has 0 atom stereocenters. The van der Waals surface area contributed by atoms with Gasteiger partial charge >= 0.3 is 6.09 Å². The molecule has 0 bridgehead atoms. The minimum Gasteiger partial charge on any atom is -0.449 e. The van der Waals surface area contributed by atoms with Crippen molar-refractivity contribution < 1.29 is 9.53 Å². The third kappa shape index (κ3) is 2.31. The third-order valence-corrected chi connectivity index (χ3v) is 2.49. The maximum absolute atomic E-state index is 11.4. The Labute approximate surface area is 94.0 Å². The van der Waals surface area contributed by atoms with E-state index < -0.39 is 0 Å². The van der Waals surface area contributed by atoms with Gasteiger partial charge in [0.05, 0.1) is 18.2 Å². The molecule has 0 spiro atoms. The van der Waals surface area contributed by atoms with Crippen molar-refractivity contribution in [3.05, 3.63) is 35.4 Å². The van der Waals surface area contributed by atoms with Gasteiger partial charge in [0.25, 0.3) is 0 Å². The van der Waals surface area contributed by atoms with Crippen LogP contribution >= 0.6 is 0 Å². The van der Waals surface area contributed by atoms with E-state index in [4.69, 9.17) is 10.00 Å². The maximum Gasteiger partial charge on any atom is 0.410 e. The number of nitriles is 1. The fourth-order valence-corrected chi connectivity index (χ4v) is 1.70. The van der Waals surface area contributed by atoms with Gasteiger partial charge in [-0.1, -0.05) is 12.1 Å². The summed E-state index contributed by atoms with van der Waals surface area (Å²) in [5, 5.41) is 8.76. The molecule has 1 aliphatic rings. The Morgan fingerprint density at radius 1 is 1.50 bits per heavy atom. The summed E-state index contributed by atoms with van der Waals surface area (Å²) in [6, 6.07) is 9.35. The molecule has 82 valence electrons. The zero-order valence-corrected chi connectivity index (χ0v) is 8.85. The van der Waals surface area contributed by atoms with E-state index in [1.807, 2.05) is 12.1 Å². The lowest BCUT2D eigenvalue weighted by atomic mass is 10.1. The van der Waals surface area contributed by atoms with Crippen LogP contribution in [0.3, 0.4) is 0 Å². The molecular weight excluding hydrogens is 204 g/mol. The van der Waals surface area contributed by atoms with Crippen LogP contribution in [0.5, 0.6) is 0 Å². The van der Waals surface area contributed by atoms with Crippen LogP contribution in [0.2, 0.25) is 0 Å². The molecule has 1 aromatic rings. The summed E-state index contributed by atoms with van der Waals surface area (Å²) in [5.41, 5.74) is 1.57. The lowest BCUT2D eigenvalue weighted by Crippen LogP contribution is -2.37. The smallest absolute Gasteiger partial charge is 0.410 e. The Morgan fingerprint density at radius 3 is 3.12 bits per heavy atom. The van der Waals surface area contributed by atoms with Gasteiger partial charge in [0, 0.05) is 13.1 Å². The average molecular weight is 216 g/mol. The average Bonchev–Trinajstić information content (AvgIpc) is 2.32. The number of cyclic esters (lactones) is 1. The van der Waals surface area contributed by atoms with Gasteiger partial charge in [0.1, 0.15) is 0 Å². The number of benzene rings is 1. The number of carbonyl (C=O) groups excluding carboxylic acids is 1. The van der Waals surface area contributed by atoms with E-state index in [0.717, 1.165) is 18.5 Å². The van der Waals surface area contributed by atoms with E-state index in [9.17, 15) is 4.79 Å². The fourth-order valence-electron chi connectivity index (χ4n) is 1.70. The Morgan fingerprint density at radius 2 is 2.38 bits per heavy atom. The van der Waals surface area contributed by atoms with E-state index in [2.05, 4.69) is 6.07 Å². The van der Waals surface area contributed by atoms with E-state index in [0.29, 0.717) is 18.7 Å². The molecule has 0 radical (unpaired) electrons. The van der Waals surface area contributed by atoms with Gasteiger partial charge in [0.2, 0.25) is 0 Å². The standard InChI is InChI=1S/C12H12N2O2/c13-8-10-3-1-4-11(7-10)9-14-5-2-6-16-12(14)15/h1,3-4,7H,2,5-6,9H2. The minimum atomic E-state index is -0.270. The van der Waals surface area contributed by atoms with Gasteiger partial charge in [-0.3, -0.25) is 0 Å². The number of hydrogen-bond donors (Lipinski definition) is 0. The first-order valence-corrected chi connectivity index (χ1v) is 5.20. The molecule has 4 heteroatoms. The predicted octanol–water partition coefficient (Wildman–Crippen LogP) is 1.90. The van der Waals surface area contributed by atoms with E-state index in [1.165, 1.54) is 0 Å². The van der Waals surface area contributed by atoms with Crippen molar-refractivity contribution >= 4 is 6.09 Å². The second-order valence-corrected chi connectivity index (χ2v) is 3.70. The molecule has 0 unspecified atom stereocenters.